The second-order valence-corrected chi connectivity index (χ2v) is 6.95. The van der Waals surface area contributed by atoms with Crippen LogP contribution >= 0.6 is 24.0 Å². The highest BCUT2D eigenvalue weighted by Gasteiger charge is 2.27. The summed E-state index contributed by atoms with van der Waals surface area (Å²) in [5, 5.41) is 7.85. The van der Waals surface area contributed by atoms with Crippen LogP contribution in [0.25, 0.3) is 0 Å². The Bertz CT molecular complexity index is 785. The van der Waals surface area contributed by atoms with Crippen molar-refractivity contribution < 1.29 is 9.53 Å². The first-order chi connectivity index (χ1) is 13.7. The number of aromatic nitrogens is 2. The molecule has 0 unspecified atom stereocenters. The second kappa shape index (κ2) is 11.8. The molecule has 1 aromatic carbocycles. The number of halogens is 1. The zero-order valence-electron chi connectivity index (χ0n) is 17.1. The molecule has 0 aliphatic carbocycles. The van der Waals surface area contributed by atoms with Gasteiger partial charge in [-0.1, -0.05) is 30.3 Å². The van der Waals surface area contributed by atoms with Crippen molar-refractivity contribution in [2.45, 2.75) is 32.9 Å². The molecule has 0 spiro atoms. The van der Waals surface area contributed by atoms with Crippen LogP contribution in [-0.4, -0.2) is 53.4 Å². The highest BCUT2D eigenvalue weighted by Crippen LogP contribution is 2.18. The van der Waals surface area contributed by atoms with Gasteiger partial charge >= 0.3 is 5.97 Å². The van der Waals surface area contributed by atoms with Crippen molar-refractivity contribution in [3.63, 3.8) is 0 Å². The summed E-state index contributed by atoms with van der Waals surface area (Å²) in [6.45, 7) is 5.32. The quantitative estimate of drug-likeness (QED) is 0.280. The normalized spacial score (nSPS) is 15.0. The Morgan fingerprint density at radius 2 is 1.97 bits per heavy atom. The van der Waals surface area contributed by atoms with Crippen molar-refractivity contribution in [1.82, 2.24) is 20.0 Å². The predicted molar refractivity (Wildman–Crippen MR) is 124 cm³/mol. The van der Waals surface area contributed by atoms with E-state index in [1.54, 1.807) is 7.05 Å². The molecule has 0 radical (unpaired) electrons. The minimum atomic E-state index is -0.0732. The number of benzene rings is 1. The summed E-state index contributed by atoms with van der Waals surface area (Å²) >= 11 is 0. The topological polar surface area (TPSA) is 71.8 Å². The van der Waals surface area contributed by atoms with Gasteiger partial charge in [0.1, 0.15) is 0 Å². The summed E-state index contributed by atoms with van der Waals surface area (Å²) in [4.78, 5) is 18.5. The number of ether oxygens (including phenoxy) is 1. The van der Waals surface area contributed by atoms with E-state index in [-0.39, 0.29) is 35.9 Å². The third-order valence-electron chi connectivity index (χ3n) is 4.95. The van der Waals surface area contributed by atoms with E-state index in [2.05, 4.69) is 38.6 Å². The third kappa shape index (κ3) is 6.73. The van der Waals surface area contributed by atoms with E-state index < -0.39 is 0 Å². The number of nitrogens with one attached hydrogen (secondary N) is 1. The average molecular weight is 511 g/mol. The largest absolute Gasteiger partial charge is 0.466 e. The molecule has 2 aromatic rings. The van der Waals surface area contributed by atoms with Crippen LogP contribution in [-0.2, 0) is 22.6 Å². The van der Waals surface area contributed by atoms with Gasteiger partial charge in [-0.3, -0.25) is 14.5 Å². The van der Waals surface area contributed by atoms with Gasteiger partial charge in [0.15, 0.2) is 5.96 Å². The Hall–Kier alpha value is -2.10. The zero-order valence-corrected chi connectivity index (χ0v) is 19.4. The first-order valence-corrected chi connectivity index (χ1v) is 9.87. The van der Waals surface area contributed by atoms with Gasteiger partial charge in [-0.05, 0) is 25.3 Å². The van der Waals surface area contributed by atoms with E-state index >= 15 is 0 Å². The smallest absolute Gasteiger partial charge is 0.309 e. The zero-order chi connectivity index (χ0) is 19.8. The number of hydrogen-bond donors (Lipinski definition) is 1. The van der Waals surface area contributed by atoms with Crippen LogP contribution in [0.3, 0.4) is 0 Å². The van der Waals surface area contributed by atoms with E-state index in [0.29, 0.717) is 13.2 Å². The molecule has 1 aromatic heterocycles. The van der Waals surface area contributed by atoms with Gasteiger partial charge in [0, 0.05) is 38.4 Å². The van der Waals surface area contributed by atoms with Gasteiger partial charge in [-0.15, -0.1) is 24.0 Å². The van der Waals surface area contributed by atoms with E-state index in [1.165, 1.54) is 5.56 Å². The molecule has 0 saturated carbocycles. The highest BCUT2D eigenvalue weighted by molar-refractivity contribution is 14.0. The van der Waals surface area contributed by atoms with Crippen molar-refractivity contribution in [2.75, 3.05) is 26.7 Å². The SMILES string of the molecule is CCOC(=O)C1CCN(C(=NC)NCc2cnn(Cc3ccccc3)c2)CC1.I. The van der Waals surface area contributed by atoms with Gasteiger partial charge in [-0.2, -0.15) is 5.10 Å². The molecule has 7 nitrogen and oxygen atoms in total. The van der Waals surface area contributed by atoms with Crippen LogP contribution in [0.2, 0.25) is 0 Å². The van der Waals surface area contributed by atoms with Crippen LogP contribution in [0, 0.1) is 5.92 Å². The Labute approximate surface area is 189 Å². The molecule has 0 bridgehead atoms. The number of aliphatic imine (C=N–C) groups is 1. The monoisotopic (exact) mass is 511 g/mol. The Balaban J connectivity index is 0.00000300. The van der Waals surface area contributed by atoms with E-state index in [4.69, 9.17) is 4.74 Å². The van der Waals surface area contributed by atoms with Crippen LogP contribution < -0.4 is 5.32 Å². The second-order valence-electron chi connectivity index (χ2n) is 6.95. The molecule has 1 aliphatic rings. The van der Waals surface area contributed by atoms with Crippen molar-refractivity contribution in [1.29, 1.82) is 0 Å². The van der Waals surface area contributed by atoms with Crippen molar-refractivity contribution in [3.05, 3.63) is 53.9 Å². The number of carbonyl (C=O) groups excluding carboxylic acids is 1. The summed E-state index contributed by atoms with van der Waals surface area (Å²) in [5.74, 6) is 0.791. The minimum Gasteiger partial charge on any atom is -0.466 e. The summed E-state index contributed by atoms with van der Waals surface area (Å²) in [7, 11) is 1.79. The fourth-order valence-electron chi connectivity index (χ4n) is 3.46. The van der Waals surface area contributed by atoms with Crippen LogP contribution in [0.4, 0.5) is 0 Å². The fraction of sp³-hybridized carbons (Fsp3) is 0.476. The molecule has 2 heterocycles. The molecule has 0 atom stereocenters. The standard InChI is InChI=1S/C21H29N5O2.HI/c1-3-28-20(27)19-9-11-25(12-10-19)21(22-2)23-13-18-14-24-26(16-18)15-17-7-5-4-6-8-17;/h4-8,14,16,19H,3,9-13,15H2,1-2H3,(H,22,23);1H. The van der Waals surface area contributed by atoms with Crippen molar-refractivity contribution in [2.24, 2.45) is 10.9 Å². The number of piperidine rings is 1. The number of rotatable bonds is 6. The minimum absolute atomic E-state index is 0. The van der Waals surface area contributed by atoms with Crippen LogP contribution in [0.5, 0.6) is 0 Å². The molecule has 1 saturated heterocycles. The number of carbonyl (C=O) groups is 1. The summed E-state index contributed by atoms with van der Waals surface area (Å²) < 4.78 is 7.09. The molecule has 1 fully saturated rings. The lowest BCUT2D eigenvalue weighted by Gasteiger charge is -2.33. The number of likely N-dealkylation sites (tertiary alicyclic amines) is 1. The van der Waals surface area contributed by atoms with Crippen LogP contribution in [0.1, 0.15) is 30.9 Å². The van der Waals surface area contributed by atoms with Crippen molar-refractivity contribution >= 4 is 35.9 Å². The molecule has 1 N–H and O–H groups in total. The molecule has 158 valence electrons. The van der Waals surface area contributed by atoms with Gasteiger partial charge in [-0.25, -0.2) is 0 Å². The summed E-state index contributed by atoms with van der Waals surface area (Å²) in [6, 6.07) is 10.3. The van der Waals surface area contributed by atoms with Gasteiger partial charge < -0.3 is 15.0 Å². The van der Waals surface area contributed by atoms with Crippen molar-refractivity contribution in [3.8, 4) is 0 Å². The first-order valence-electron chi connectivity index (χ1n) is 9.87. The van der Waals surface area contributed by atoms with E-state index in [0.717, 1.165) is 44.0 Å². The van der Waals surface area contributed by atoms with Gasteiger partial charge in [0.2, 0.25) is 0 Å². The summed E-state index contributed by atoms with van der Waals surface area (Å²) in [6.07, 6.45) is 5.54. The van der Waals surface area contributed by atoms with E-state index in [1.807, 2.05) is 36.0 Å². The molecular weight excluding hydrogens is 481 g/mol. The number of guanidine groups is 1. The molecule has 0 amide bonds. The first kappa shape index (κ1) is 23.2. The van der Waals surface area contributed by atoms with Gasteiger partial charge in [0.05, 0.1) is 25.3 Å². The maximum Gasteiger partial charge on any atom is 0.309 e. The predicted octanol–water partition coefficient (Wildman–Crippen LogP) is 2.90. The van der Waals surface area contributed by atoms with E-state index in [9.17, 15) is 4.79 Å². The maximum absolute atomic E-state index is 11.9. The van der Waals surface area contributed by atoms with Crippen LogP contribution in [0.15, 0.2) is 47.7 Å². The average Bonchev–Trinajstić information content (AvgIpc) is 3.17. The molecule has 29 heavy (non-hydrogen) atoms. The lowest BCUT2D eigenvalue weighted by atomic mass is 9.97. The Morgan fingerprint density at radius 1 is 1.24 bits per heavy atom. The lowest BCUT2D eigenvalue weighted by molar-refractivity contribution is -0.149. The lowest BCUT2D eigenvalue weighted by Crippen LogP contribution is -2.46. The number of nitrogens with zero attached hydrogens (tertiary/aromatic N) is 4. The third-order valence-corrected chi connectivity index (χ3v) is 4.95. The highest BCUT2D eigenvalue weighted by atomic mass is 127. The van der Waals surface area contributed by atoms with Gasteiger partial charge in [0.25, 0.3) is 0 Å². The summed E-state index contributed by atoms with van der Waals surface area (Å²) in [5.41, 5.74) is 2.34. The Morgan fingerprint density at radius 3 is 2.62 bits per heavy atom. The Kier molecular flexibility index (Phi) is 9.43. The number of esters is 1. The number of hydrogen-bond acceptors (Lipinski definition) is 4. The molecule has 3 rings (SSSR count). The maximum atomic E-state index is 11.9. The molecular formula is C21H30IN5O2. The fourth-order valence-corrected chi connectivity index (χ4v) is 3.46. The molecule has 8 heteroatoms. The molecule has 1 aliphatic heterocycles.